The molecule has 4 heteroatoms. The van der Waals surface area contributed by atoms with E-state index in [0.717, 1.165) is 12.5 Å². The summed E-state index contributed by atoms with van der Waals surface area (Å²) >= 11 is 0. The molecular weight excluding hydrogens is 180 g/mol. The third-order valence-electron chi connectivity index (χ3n) is 2.80. The van der Waals surface area contributed by atoms with Crippen LogP contribution >= 0.6 is 0 Å². The number of carbonyl (C=O) groups is 1. The van der Waals surface area contributed by atoms with Gasteiger partial charge in [-0.2, -0.15) is 0 Å². The molecular formula is C10H20N2O2. The molecule has 0 spiro atoms. The van der Waals surface area contributed by atoms with Crippen LogP contribution in [0.3, 0.4) is 0 Å². The van der Waals surface area contributed by atoms with Crippen LogP contribution in [0.1, 0.15) is 32.1 Å². The Bertz CT molecular complexity index is 181. The molecule has 0 amide bonds. The van der Waals surface area contributed by atoms with Gasteiger partial charge in [-0.15, -0.1) is 0 Å². The Kier molecular flexibility index (Phi) is 4.90. The molecule has 0 heterocycles. The maximum Gasteiger partial charge on any atom is 0.304 e. The van der Waals surface area contributed by atoms with Crippen LogP contribution < -0.4 is 11.1 Å². The summed E-state index contributed by atoms with van der Waals surface area (Å²) in [7, 11) is 0. The molecule has 0 aromatic rings. The molecule has 1 unspecified atom stereocenters. The Morgan fingerprint density at radius 2 is 2.29 bits per heavy atom. The van der Waals surface area contributed by atoms with E-state index in [0.29, 0.717) is 6.54 Å². The minimum atomic E-state index is -0.821. The van der Waals surface area contributed by atoms with Crippen molar-refractivity contribution in [2.24, 2.45) is 11.7 Å². The normalized spacial score (nSPS) is 18.9. The third kappa shape index (κ3) is 4.58. The topological polar surface area (TPSA) is 75.3 Å². The second-order valence-electron chi connectivity index (χ2n) is 4.15. The molecule has 4 nitrogen and oxygen atoms in total. The van der Waals surface area contributed by atoms with E-state index in [9.17, 15) is 4.79 Å². The standard InChI is InChI=1S/C10H20N2O2/c11-9(6-10(13)14)7-12-5-4-8-2-1-3-8/h8-9,12H,1-7,11H2,(H,13,14). The van der Waals surface area contributed by atoms with Gasteiger partial charge in [0.2, 0.25) is 0 Å². The Morgan fingerprint density at radius 1 is 1.57 bits per heavy atom. The first-order valence-corrected chi connectivity index (χ1v) is 5.36. The summed E-state index contributed by atoms with van der Waals surface area (Å²) in [5, 5.41) is 11.7. The maximum atomic E-state index is 10.3. The van der Waals surface area contributed by atoms with Crippen LogP contribution in [0.5, 0.6) is 0 Å². The molecule has 0 bridgehead atoms. The van der Waals surface area contributed by atoms with E-state index in [2.05, 4.69) is 5.32 Å². The fraction of sp³-hybridized carbons (Fsp3) is 0.900. The Balaban J connectivity index is 1.89. The lowest BCUT2D eigenvalue weighted by Crippen LogP contribution is -2.36. The maximum absolute atomic E-state index is 10.3. The molecule has 1 rings (SSSR count). The lowest BCUT2D eigenvalue weighted by Gasteiger charge is -2.25. The van der Waals surface area contributed by atoms with Crippen molar-refractivity contribution in [1.82, 2.24) is 5.32 Å². The smallest absolute Gasteiger partial charge is 0.304 e. The Hall–Kier alpha value is -0.610. The summed E-state index contributed by atoms with van der Waals surface area (Å²) in [5.74, 6) is 0.0801. The molecule has 0 radical (unpaired) electrons. The highest BCUT2D eigenvalue weighted by Crippen LogP contribution is 2.28. The molecule has 14 heavy (non-hydrogen) atoms. The highest BCUT2D eigenvalue weighted by atomic mass is 16.4. The summed E-state index contributed by atoms with van der Waals surface area (Å²) in [6.07, 6.45) is 5.37. The van der Waals surface area contributed by atoms with Gasteiger partial charge in [0.25, 0.3) is 0 Å². The van der Waals surface area contributed by atoms with Gasteiger partial charge in [0.1, 0.15) is 0 Å². The van der Waals surface area contributed by atoms with Gasteiger partial charge >= 0.3 is 5.97 Å². The van der Waals surface area contributed by atoms with E-state index in [1.54, 1.807) is 0 Å². The average Bonchev–Trinajstić information content (AvgIpc) is 1.99. The van der Waals surface area contributed by atoms with E-state index < -0.39 is 5.97 Å². The van der Waals surface area contributed by atoms with Crippen molar-refractivity contribution < 1.29 is 9.90 Å². The first kappa shape index (κ1) is 11.5. The van der Waals surface area contributed by atoms with Crippen LogP contribution in [0.15, 0.2) is 0 Å². The molecule has 0 aromatic heterocycles. The summed E-state index contributed by atoms with van der Waals surface area (Å²) in [6.45, 7) is 1.58. The third-order valence-corrected chi connectivity index (χ3v) is 2.80. The molecule has 0 aliphatic heterocycles. The monoisotopic (exact) mass is 200 g/mol. The SMILES string of the molecule is NC(CNCCC1CCC1)CC(=O)O. The second-order valence-corrected chi connectivity index (χ2v) is 4.15. The lowest BCUT2D eigenvalue weighted by molar-refractivity contribution is -0.137. The number of rotatable bonds is 7. The van der Waals surface area contributed by atoms with Crippen molar-refractivity contribution >= 4 is 5.97 Å². The highest BCUT2D eigenvalue weighted by molar-refractivity contribution is 5.67. The van der Waals surface area contributed by atoms with Crippen molar-refractivity contribution in [3.05, 3.63) is 0 Å². The zero-order chi connectivity index (χ0) is 10.4. The number of carboxylic acids is 1. The van der Waals surface area contributed by atoms with Crippen LogP contribution in [-0.2, 0) is 4.79 Å². The van der Waals surface area contributed by atoms with Crippen LogP contribution in [0.2, 0.25) is 0 Å². The molecule has 82 valence electrons. The molecule has 1 aliphatic carbocycles. The predicted octanol–water partition coefficient (Wildman–Crippen LogP) is 0.568. The fourth-order valence-electron chi connectivity index (χ4n) is 1.67. The van der Waals surface area contributed by atoms with Gasteiger partial charge in [-0.25, -0.2) is 0 Å². The Labute approximate surface area is 84.9 Å². The van der Waals surface area contributed by atoms with E-state index >= 15 is 0 Å². The van der Waals surface area contributed by atoms with Crippen molar-refractivity contribution in [1.29, 1.82) is 0 Å². The first-order valence-electron chi connectivity index (χ1n) is 5.36. The Morgan fingerprint density at radius 3 is 2.79 bits per heavy atom. The van der Waals surface area contributed by atoms with Crippen molar-refractivity contribution in [2.45, 2.75) is 38.1 Å². The lowest BCUT2D eigenvalue weighted by atomic mass is 9.83. The highest BCUT2D eigenvalue weighted by Gasteiger charge is 2.16. The number of hydrogen-bond acceptors (Lipinski definition) is 3. The summed E-state index contributed by atoms with van der Waals surface area (Å²) in [5.41, 5.74) is 5.59. The van der Waals surface area contributed by atoms with E-state index in [-0.39, 0.29) is 12.5 Å². The predicted molar refractivity (Wildman–Crippen MR) is 55.1 cm³/mol. The van der Waals surface area contributed by atoms with Gasteiger partial charge in [0.05, 0.1) is 6.42 Å². The minimum Gasteiger partial charge on any atom is -0.481 e. The van der Waals surface area contributed by atoms with Crippen molar-refractivity contribution in [2.75, 3.05) is 13.1 Å². The molecule has 1 fully saturated rings. The average molecular weight is 200 g/mol. The zero-order valence-electron chi connectivity index (χ0n) is 8.54. The number of carboxylic acid groups (broad SMARTS) is 1. The van der Waals surface area contributed by atoms with Gasteiger partial charge in [-0.3, -0.25) is 4.79 Å². The van der Waals surface area contributed by atoms with E-state index in [4.69, 9.17) is 10.8 Å². The number of aliphatic carboxylic acids is 1. The number of hydrogen-bond donors (Lipinski definition) is 3. The van der Waals surface area contributed by atoms with Gasteiger partial charge in [0, 0.05) is 12.6 Å². The summed E-state index contributed by atoms with van der Waals surface area (Å²) < 4.78 is 0. The molecule has 1 saturated carbocycles. The van der Waals surface area contributed by atoms with E-state index in [1.807, 2.05) is 0 Å². The zero-order valence-corrected chi connectivity index (χ0v) is 8.54. The molecule has 1 atom stereocenters. The molecule has 0 aromatic carbocycles. The van der Waals surface area contributed by atoms with Crippen LogP contribution in [-0.4, -0.2) is 30.2 Å². The van der Waals surface area contributed by atoms with Crippen LogP contribution in [0.25, 0.3) is 0 Å². The van der Waals surface area contributed by atoms with Gasteiger partial charge in [-0.1, -0.05) is 19.3 Å². The molecule has 0 saturated heterocycles. The van der Waals surface area contributed by atoms with Crippen LogP contribution in [0, 0.1) is 5.92 Å². The van der Waals surface area contributed by atoms with Crippen molar-refractivity contribution in [3.8, 4) is 0 Å². The number of nitrogens with one attached hydrogen (secondary N) is 1. The summed E-state index contributed by atoms with van der Waals surface area (Å²) in [4.78, 5) is 10.3. The molecule has 1 aliphatic rings. The fourth-order valence-corrected chi connectivity index (χ4v) is 1.67. The van der Waals surface area contributed by atoms with Gasteiger partial charge < -0.3 is 16.2 Å². The number of nitrogens with two attached hydrogens (primary N) is 1. The molecule has 4 N–H and O–H groups in total. The largest absolute Gasteiger partial charge is 0.481 e. The van der Waals surface area contributed by atoms with Gasteiger partial charge in [0.15, 0.2) is 0 Å². The minimum absolute atomic E-state index is 0.0520. The second kappa shape index (κ2) is 5.98. The van der Waals surface area contributed by atoms with Crippen molar-refractivity contribution in [3.63, 3.8) is 0 Å². The van der Waals surface area contributed by atoms with Gasteiger partial charge in [-0.05, 0) is 18.9 Å². The van der Waals surface area contributed by atoms with Crippen LogP contribution in [0.4, 0.5) is 0 Å². The summed E-state index contributed by atoms with van der Waals surface area (Å²) in [6, 6.07) is -0.256. The van der Waals surface area contributed by atoms with E-state index in [1.165, 1.54) is 25.7 Å². The first-order chi connectivity index (χ1) is 6.68. The quantitative estimate of drug-likeness (QED) is 0.525.